The van der Waals surface area contributed by atoms with Crippen molar-refractivity contribution in [1.29, 1.82) is 5.26 Å². The van der Waals surface area contributed by atoms with Crippen molar-refractivity contribution < 1.29 is 18.7 Å². The Morgan fingerprint density at radius 2 is 1.82 bits per heavy atom. The number of hydrogen-bond acceptors (Lipinski definition) is 4. The molecule has 1 fully saturated rings. The van der Waals surface area contributed by atoms with Crippen molar-refractivity contribution in [2.45, 2.75) is 24.9 Å². The summed E-state index contributed by atoms with van der Waals surface area (Å²) in [6, 6.07) is 22.9. The molecule has 1 amide bonds. The highest BCUT2D eigenvalue weighted by Crippen LogP contribution is 2.34. The summed E-state index contributed by atoms with van der Waals surface area (Å²) in [4.78, 5) is 12.9. The maximum absolute atomic E-state index is 13.9. The van der Waals surface area contributed by atoms with Crippen molar-refractivity contribution >= 4 is 5.91 Å². The molecule has 168 valence electrons. The molecule has 0 spiro atoms. The van der Waals surface area contributed by atoms with Crippen LogP contribution in [0.3, 0.4) is 0 Å². The van der Waals surface area contributed by atoms with Gasteiger partial charge in [0.2, 0.25) is 0 Å². The van der Waals surface area contributed by atoms with Crippen molar-refractivity contribution in [2.24, 2.45) is 0 Å². The molecular weight excluding hydrogens is 419 g/mol. The second kappa shape index (κ2) is 10.3. The van der Waals surface area contributed by atoms with Gasteiger partial charge in [0.15, 0.2) is 0 Å². The molecule has 0 atom stereocenters. The molecule has 5 nitrogen and oxygen atoms in total. The molecule has 0 saturated carbocycles. The van der Waals surface area contributed by atoms with E-state index in [-0.39, 0.29) is 17.1 Å². The Bertz CT molecular complexity index is 1150. The van der Waals surface area contributed by atoms with Crippen molar-refractivity contribution in [3.63, 3.8) is 0 Å². The van der Waals surface area contributed by atoms with Crippen LogP contribution in [0.2, 0.25) is 0 Å². The van der Waals surface area contributed by atoms with E-state index in [4.69, 9.17) is 14.7 Å². The first-order valence-corrected chi connectivity index (χ1v) is 10.9. The summed E-state index contributed by atoms with van der Waals surface area (Å²) >= 11 is 0. The molecule has 0 aromatic heterocycles. The Kier molecular flexibility index (Phi) is 7.01. The van der Waals surface area contributed by atoms with Crippen molar-refractivity contribution in [2.75, 3.05) is 19.8 Å². The Balaban J connectivity index is 1.41. The quantitative estimate of drug-likeness (QED) is 0.571. The summed E-state index contributed by atoms with van der Waals surface area (Å²) in [5.74, 6) is 0.192. The Morgan fingerprint density at radius 3 is 2.55 bits per heavy atom. The van der Waals surface area contributed by atoms with E-state index in [2.05, 4.69) is 11.4 Å². The van der Waals surface area contributed by atoms with Crippen LogP contribution in [0.5, 0.6) is 5.75 Å². The van der Waals surface area contributed by atoms with E-state index in [9.17, 15) is 9.18 Å². The molecule has 3 aromatic carbocycles. The van der Waals surface area contributed by atoms with Crippen LogP contribution in [0.15, 0.2) is 72.8 Å². The lowest BCUT2D eigenvalue weighted by atomic mass is 9.74. The summed E-state index contributed by atoms with van der Waals surface area (Å²) in [5, 5.41) is 11.9. The number of hydrogen-bond donors (Lipinski definition) is 1. The van der Waals surface area contributed by atoms with E-state index in [1.807, 2.05) is 18.2 Å². The van der Waals surface area contributed by atoms with Gasteiger partial charge < -0.3 is 14.8 Å². The van der Waals surface area contributed by atoms with Crippen LogP contribution in [-0.2, 0) is 16.8 Å². The van der Waals surface area contributed by atoms with Crippen LogP contribution in [0.1, 0.15) is 39.9 Å². The minimum Gasteiger partial charge on any atom is -0.489 e. The van der Waals surface area contributed by atoms with Crippen LogP contribution >= 0.6 is 0 Å². The molecular formula is C27H25FN2O3. The molecule has 0 unspecified atom stereocenters. The van der Waals surface area contributed by atoms with Gasteiger partial charge in [0.05, 0.1) is 11.6 Å². The zero-order valence-corrected chi connectivity index (χ0v) is 18.2. The lowest BCUT2D eigenvalue weighted by molar-refractivity contribution is 0.0486. The standard InChI is InChI=1S/C27H25FN2O3/c28-24-6-2-5-23(16-24)27(11-13-32-14-12-27)19-30-26(31)22-4-1-3-21(15-22)18-33-25-9-7-20(17-29)8-10-25/h1-10,15-16H,11-14,18-19H2,(H,30,31). The molecule has 1 heterocycles. The number of carbonyl (C=O) groups excluding carboxylic acids is 1. The maximum Gasteiger partial charge on any atom is 0.251 e. The third kappa shape index (κ3) is 5.57. The first-order chi connectivity index (χ1) is 16.1. The molecule has 1 N–H and O–H groups in total. The van der Waals surface area contributed by atoms with Gasteiger partial charge in [-0.25, -0.2) is 4.39 Å². The van der Waals surface area contributed by atoms with Crippen molar-refractivity contribution in [3.8, 4) is 11.8 Å². The molecule has 0 bridgehead atoms. The largest absolute Gasteiger partial charge is 0.489 e. The topological polar surface area (TPSA) is 71.3 Å². The highest BCUT2D eigenvalue weighted by atomic mass is 19.1. The minimum atomic E-state index is -0.355. The van der Waals surface area contributed by atoms with E-state index in [1.165, 1.54) is 6.07 Å². The van der Waals surface area contributed by atoms with Gasteiger partial charge in [-0.3, -0.25) is 4.79 Å². The first kappa shape index (κ1) is 22.5. The highest BCUT2D eigenvalue weighted by molar-refractivity contribution is 5.94. The number of nitriles is 1. The smallest absolute Gasteiger partial charge is 0.251 e. The normalized spacial score (nSPS) is 14.8. The second-order valence-corrected chi connectivity index (χ2v) is 8.21. The SMILES string of the molecule is N#Cc1ccc(OCc2cccc(C(=O)NCC3(c4cccc(F)c4)CCOCC3)c2)cc1. The molecule has 4 rings (SSSR count). The maximum atomic E-state index is 13.9. The van der Waals surface area contributed by atoms with Gasteiger partial charge in [0.1, 0.15) is 18.2 Å². The first-order valence-electron chi connectivity index (χ1n) is 10.9. The number of ether oxygens (including phenoxy) is 2. The fraction of sp³-hybridized carbons (Fsp3) is 0.259. The zero-order valence-electron chi connectivity index (χ0n) is 18.2. The Labute approximate surface area is 192 Å². The summed E-state index contributed by atoms with van der Waals surface area (Å²) < 4.78 is 25.2. The summed E-state index contributed by atoms with van der Waals surface area (Å²) in [6.07, 6.45) is 1.43. The van der Waals surface area contributed by atoms with E-state index in [0.717, 1.165) is 24.0 Å². The van der Waals surface area contributed by atoms with Gasteiger partial charge in [-0.1, -0.05) is 24.3 Å². The van der Waals surface area contributed by atoms with Gasteiger partial charge in [0, 0.05) is 30.7 Å². The number of nitrogens with one attached hydrogen (secondary N) is 1. The Hall–Kier alpha value is -3.69. The van der Waals surface area contributed by atoms with Gasteiger partial charge in [-0.05, 0) is 72.5 Å². The van der Waals surface area contributed by atoms with Crippen LogP contribution in [-0.4, -0.2) is 25.7 Å². The fourth-order valence-corrected chi connectivity index (χ4v) is 4.09. The Morgan fingerprint density at radius 1 is 1.06 bits per heavy atom. The lowest BCUT2D eigenvalue weighted by Crippen LogP contribution is -2.44. The predicted molar refractivity (Wildman–Crippen MR) is 122 cm³/mol. The number of nitrogens with zero attached hydrogens (tertiary/aromatic N) is 1. The third-order valence-electron chi connectivity index (χ3n) is 6.05. The summed E-state index contributed by atoms with van der Waals surface area (Å²) in [5.41, 5.74) is 2.50. The molecule has 3 aromatic rings. The summed E-state index contributed by atoms with van der Waals surface area (Å²) in [7, 11) is 0. The second-order valence-electron chi connectivity index (χ2n) is 8.21. The minimum absolute atomic E-state index is 0.183. The van der Waals surface area contributed by atoms with Gasteiger partial charge in [-0.2, -0.15) is 5.26 Å². The summed E-state index contributed by atoms with van der Waals surface area (Å²) in [6.45, 7) is 1.87. The molecule has 6 heteroatoms. The molecule has 1 aliphatic rings. The highest BCUT2D eigenvalue weighted by Gasteiger charge is 2.35. The van der Waals surface area contributed by atoms with Gasteiger partial charge >= 0.3 is 0 Å². The molecule has 0 radical (unpaired) electrons. The number of halogens is 1. The molecule has 1 saturated heterocycles. The van der Waals surface area contributed by atoms with Crippen molar-refractivity contribution in [1.82, 2.24) is 5.32 Å². The van der Waals surface area contributed by atoms with Crippen LogP contribution in [0, 0.1) is 17.1 Å². The van der Waals surface area contributed by atoms with E-state index in [0.29, 0.717) is 43.2 Å². The molecule has 33 heavy (non-hydrogen) atoms. The average Bonchev–Trinajstić information content (AvgIpc) is 2.87. The third-order valence-corrected chi connectivity index (χ3v) is 6.05. The van der Waals surface area contributed by atoms with Crippen LogP contribution in [0.25, 0.3) is 0 Å². The monoisotopic (exact) mass is 444 g/mol. The number of benzene rings is 3. The lowest BCUT2D eigenvalue weighted by Gasteiger charge is -2.38. The van der Waals surface area contributed by atoms with E-state index in [1.54, 1.807) is 48.5 Å². The molecule has 1 aliphatic heterocycles. The number of rotatable bonds is 7. The average molecular weight is 445 g/mol. The van der Waals surface area contributed by atoms with Crippen LogP contribution in [0.4, 0.5) is 4.39 Å². The molecule has 0 aliphatic carbocycles. The zero-order chi connectivity index (χ0) is 23.1. The van der Waals surface area contributed by atoms with Crippen molar-refractivity contribution in [3.05, 3.63) is 101 Å². The number of carbonyl (C=O) groups is 1. The van der Waals surface area contributed by atoms with Gasteiger partial charge in [0.25, 0.3) is 5.91 Å². The predicted octanol–water partition coefficient (Wildman–Crippen LogP) is 4.75. The van der Waals surface area contributed by atoms with E-state index < -0.39 is 0 Å². The van der Waals surface area contributed by atoms with Crippen LogP contribution < -0.4 is 10.1 Å². The fourth-order valence-electron chi connectivity index (χ4n) is 4.09. The van der Waals surface area contributed by atoms with E-state index >= 15 is 0 Å². The van der Waals surface area contributed by atoms with Gasteiger partial charge in [-0.15, -0.1) is 0 Å². The number of amides is 1.